The number of amides is 5. The first-order chi connectivity index (χ1) is 44.3. The maximum atomic E-state index is 14.2. The Hall–Kier alpha value is -5.90. The van der Waals surface area contributed by atoms with Crippen molar-refractivity contribution in [2.75, 3.05) is 189 Å². The number of H-pyrrole nitrogens is 1. The Morgan fingerprint density at radius 3 is 1.26 bits per heavy atom. The largest absolute Gasteiger partial charge is 3.00 e. The molecule has 31 heteroatoms. The van der Waals surface area contributed by atoms with Crippen LogP contribution in [0.3, 0.4) is 0 Å². The fraction of sp³-hybridized carbons (Fsp3) is 0.508. The van der Waals surface area contributed by atoms with Crippen LogP contribution >= 0.6 is 0 Å². The van der Waals surface area contributed by atoms with Gasteiger partial charge in [-0.05, 0) is 105 Å². The Morgan fingerprint density at radius 2 is 0.862 bits per heavy atom. The van der Waals surface area contributed by atoms with E-state index in [1.54, 1.807) is 72.8 Å². The first kappa shape index (κ1) is 78.8. The van der Waals surface area contributed by atoms with E-state index in [0.717, 1.165) is 72.0 Å². The molecule has 9 N–H and O–H groups in total. The van der Waals surface area contributed by atoms with Crippen molar-refractivity contribution in [3.8, 4) is 0 Å². The van der Waals surface area contributed by atoms with E-state index in [4.69, 9.17) is 5.73 Å². The Bertz CT molecular complexity index is 3300. The number of hydrogen-bond donors (Lipinski definition) is 8. The third-order valence-corrected chi connectivity index (χ3v) is 16.4. The van der Waals surface area contributed by atoms with E-state index in [-0.39, 0.29) is 160 Å². The average molecular weight is 1590 g/mol. The number of carbonyl (C=O) groups is 7. The monoisotopic (exact) mass is 1590 g/mol. The van der Waals surface area contributed by atoms with Gasteiger partial charge in [0.15, 0.2) is 11.2 Å². The number of carboxylic acid groups (broad SMARTS) is 2. The number of carbonyl (C=O) groups excluding carboxylic acids is 7. The van der Waals surface area contributed by atoms with Crippen LogP contribution in [-0.4, -0.2) is 264 Å². The van der Waals surface area contributed by atoms with Gasteiger partial charge in [-0.15, -0.1) is 0 Å². The SMILES string of the molecule is CCN1CCN(CC)CCN(CC(=O)Nc2ccc(NC(=O)CCC(NC(=O)c3ccc(NCc4cnc5nc(N)[nH]c(=O)c5n4)cc3)C(=O)Nc3ccc(NC(=O)CN4CCN(CC)CCN(CC)CCN(CC(=O)[O-])CC4)cc3)cc2)CCN(CC(=O)[O-])CC1.[Gd+3].[Gd+3]. The first-order valence-electron chi connectivity index (χ1n) is 31.6. The van der Waals surface area contributed by atoms with E-state index >= 15 is 0 Å². The van der Waals surface area contributed by atoms with Gasteiger partial charge in [0.25, 0.3) is 11.5 Å². The summed E-state index contributed by atoms with van der Waals surface area (Å²) in [5.74, 6) is -4.58. The van der Waals surface area contributed by atoms with Gasteiger partial charge in [0.05, 0.1) is 43.5 Å². The third-order valence-electron chi connectivity index (χ3n) is 16.4. The molecule has 2 aliphatic heterocycles. The quantitative estimate of drug-likeness (QED) is 0.0346. The second-order valence-electron chi connectivity index (χ2n) is 22.9. The number of rotatable bonds is 25. The summed E-state index contributed by atoms with van der Waals surface area (Å²) in [6.07, 6.45) is 1.15. The smallest absolute Gasteiger partial charge is 0.549 e. The zero-order valence-electron chi connectivity index (χ0n) is 54.0. The summed E-state index contributed by atoms with van der Waals surface area (Å²) < 4.78 is 0. The molecular weight excluding hydrogens is 1500 g/mol. The molecular formula is C63H89Gd2N19O10+4. The fourth-order valence-electron chi connectivity index (χ4n) is 10.7. The van der Waals surface area contributed by atoms with E-state index in [2.05, 4.69) is 99.1 Å². The van der Waals surface area contributed by atoms with E-state index in [1.165, 1.54) is 6.20 Å². The molecule has 94 heavy (non-hydrogen) atoms. The minimum Gasteiger partial charge on any atom is -0.549 e. The molecule has 2 aliphatic rings. The van der Waals surface area contributed by atoms with Crippen molar-refractivity contribution in [2.24, 2.45) is 0 Å². The van der Waals surface area contributed by atoms with Crippen LogP contribution in [0.25, 0.3) is 11.2 Å². The van der Waals surface area contributed by atoms with Crippen LogP contribution < -0.4 is 53.4 Å². The zero-order valence-corrected chi connectivity index (χ0v) is 58.5. The molecule has 3 aromatic carbocycles. The standard InChI is InChI=1S/C63H91N19O10.2Gd/c1-5-75-23-25-77(7-3)29-33-81(43-56(86)87)37-35-79(31-27-75)41-54(84)68-48-15-13-47(14-16-48)67-53(83)22-21-52(72-60(90)45-9-11-46(12-10-45)65-39-51-40-66-59-58(70-51)62(92)74-63(64)73-59)61(91)71-50-19-17-49(18-20-50)69-55(85)42-80-32-28-76(6-2)24-26-78(8-4)30-34-82(38-36-80)44-57(88)89;;/h9-20,40,52,65H,5-8,21-39,41-44H2,1-4H3,(H,67,83)(H,68,84)(H,69,85)(H,71,91)(H,72,90)(H,86,87)(H,88,89)(H3,64,66,73,74,92);;/q;2*+3/p-2. The van der Waals surface area contributed by atoms with Crippen molar-refractivity contribution in [1.82, 2.24) is 64.5 Å². The number of nitrogen functional groups attached to an aromatic ring is 1. The van der Waals surface area contributed by atoms with Gasteiger partial charge in [0.2, 0.25) is 29.6 Å². The summed E-state index contributed by atoms with van der Waals surface area (Å²) in [6.45, 7) is 22.2. The minimum atomic E-state index is -1.22. The van der Waals surface area contributed by atoms with Crippen molar-refractivity contribution >= 4 is 87.0 Å². The summed E-state index contributed by atoms with van der Waals surface area (Å²) in [4.78, 5) is 136. The van der Waals surface area contributed by atoms with Crippen LogP contribution in [0.1, 0.15) is 56.6 Å². The Morgan fingerprint density at radius 1 is 0.500 bits per heavy atom. The van der Waals surface area contributed by atoms with Crippen molar-refractivity contribution in [2.45, 2.75) is 53.1 Å². The van der Waals surface area contributed by atoms with E-state index in [0.29, 0.717) is 93.0 Å². The maximum Gasteiger partial charge on any atom is 3.00 e. The van der Waals surface area contributed by atoms with Crippen LogP contribution in [-0.2, 0) is 35.3 Å². The average Bonchev–Trinajstić information content (AvgIpc) is 0.839. The van der Waals surface area contributed by atoms with Gasteiger partial charge >= 0.3 is 79.9 Å². The molecule has 1 unspecified atom stereocenters. The number of aliphatic carboxylic acids is 2. The number of anilines is 6. The molecule has 5 amide bonds. The van der Waals surface area contributed by atoms with Crippen molar-refractivity contribution in [3.05, 3.63) is 101 Å². The number of nitrogens with two attached hydrogens (primary N) is 1. The Balaban J connectivity index is 0.00000800. The summed E-state index contributed by atoms with van der Waals surface area (Å²) in [5.41, 5.74) is 8.23. The normalized spacial score (nSPS) is 16.4. The second-order valence-corrected chi connectivity index (χ2v) is 22.9. The molecule has 7 rings (SSSR count). The summed E-state index contributed by atoms with van der Waals surface area (Å²) >= 11 is 0. The molecule has 1 atom stereocenters. The van der Waals surface area contributed by atoms with Gasteiger partial charge in [-0.2, -0.15) is 4.98 Å². The molecule has 2 saturated heterocycles. The second kappa shape index (κ2) is 41.3. The predicted octanol–water partition coefficient (Wildman–Crippen LogP) is -1.04. The molecule has 2 fully saturated rings. The number of carboxylic acids is 2. The van der Waals surface area contributed by atoms with Crippen LogP contribution in [0.4, 0.5) is 34.4 Å². The molecule has 508 valence electrons. The van der Waals surface area contributed by atoms with Gasteiger partial charge in [0, 0.05) is 158 Å². The van der Waals surface area contributed by atoms with Crippen LogP contribution in [0.5, 0.6) is 0 Å². The van der Waals surface area contributed by atoms with Crippen molar-refractivity contribution in [3.63, 3.8) is 0 Å². The number of aromatic nitrogens is 4. The molecule has 29 nitrogen and oxygen atoms in total. The summed E-state index contributed by atoms with van der Waals surface area (Å²) in [5, 5.41) is 40.8. The number of hydrogen-bond acceptors (Lipinski definition) is 23. The van der Waals surface area contributed by atoms with Gasteiger partial charge in [-0.25, -0.2) is 9.97 Å². The zero-order chi connectivity index (χ0) is 65.9. The number of nitrogens with one attached hydrogen (secondary N) is 7. The van der Waals surface area contributed by atoms with E-state index in [9.17, 15) is 48.6 Å². The van der Waals surface area contributed by atoms with Gasteiger partial charge < -0.3 is 77.0 Å². The number of fused-ring (bicyclic) bond motifs is 1. The molecule has 0 spiro atoms. The van der Waals surface area contributed by atoms with Crippen LogP contribution in [0.15, 0.2) is 83.8 Å². The van der Waals surface area contributed by atoms with E-state index in [1.807, 2.05) is 19.6 Å². The van der Waals surface area contributed by atoms with E-state index < -0.39 is 41.3 Å². The van der Waals surface area contributed by atoms with Crippen LogP contribution in [0.2, 0.25) is 0 Å². The Labute approximate surface area is 612 Å². The fourth-order valence-corrected chi connectivity index (χ4v) is 10.7. The summed E-state index contributed by atoms with van der Waals surface area (Å²) in [7, 11) is 0. The Kier molecular flexibility index (Phi) is 34.6. The predicted molar refractivity (Wildman–Crippen MR) is 348 cm³/mol. The summed E-state index contributed by atoms with van der Waals surface area (Å²) in [6, 6.07) is 18.3. The molecule has 5 aromatic rings. The third kappa shape index (κ3) is 27.3. The maximum absolute atomic E-state index is 14.2. The number of benzene rings is 3. The molecule has 0 saturated carbocycles. The molecule has 2 aromatic heterocycles. The van der Waals surface area contributed by atoms with Gasteiger partial charge in [0.1, 0.15) is 6.04 Å². The number of nitrogens with zero attached hydrogens (tertiary/aromatic N) is 11. The van der Waals surface area contributed by atoms with Crippen molar-refractivity contribution < 1.29 is 124 Å². The molecule has 2 radical (unpaired) electrons. The van der Waals surface area contributed by atoms with Crippen molar-refractivity contribution in [1.29, 1.82) is 0 Å². The minimum absolute atomic E-state index is 0. The molecule has 0 bridgehead atoms. The first-order valence-corrected chi connectivity index (χ1v) is 31.6. The molecule has 0 aliphatic carbocycles. The van der Waals surface area contributed by atoms with Gasteiger partial charge in [-0.1, -0.05) is 27.7 Å². The number of aromatic amines is 1. The van der Waals surface area contributed by atoms with Crippen LogP contribution in [0, 0.1) is 79.9 Å². The topological polar surface area (TPSA) is 361 Å². The molecule has 4 heterocycles. The van der Waals surface area contributed by atoms with Gasteiger partial charge in [-0.3, -0.25) is 53.4 Å². The number of likely N-dealkylation sites (N-methyl/N-ethyl adjacent to an activating group) is 4.